The zero-order valence-corrected chi connectivity index (χ0v) is 69.7. The number of piperidine rings is 4. The van der Waals surface area contributed by atoms with Crippen molar-refractivity contribution in [2.45, 2.75) is 260 Å². The van der Waals surface area contributed by atoms with Gasteiger partial charge < -0.3 is 79.8 Å². The molecular formula is C96H152N8O16. The summed E-state index contributed by atoms with van der Waals surface area (Å²) in [5.41, 5.74) is 22.9. The van der Waals surface area contributed by atoms with Crippen LogP contribution in [0.3, 0.4) is 0 Å². The highest BCUT2D eigenvalue weighted by molar-refractivity contribution is 5.77. The Labute approximate surface area is 798 Å². The minimum absolute atomic E-state index is 0.0373. The van der Waals surface area contributed by atoms with Crippen molar-refractivity contribution in [3.63, 3.8) is 0 Å². The number of aryl methyl sites for hydroxylation is 4. The van der Waals surface area contributed by atoms with Gasteiger partial charge in [0.1, 0.15) is 48.4 Å². The van der Waals surface area contributed by atoms with Crippen molar-refractivity contribution in [1.29, 1.82) is 0 Å². The first-order valence-electron chi connectivity index (χ1n) is 67.4. The van der Waals surface area contributed by atoms with E-state index in [0.29, 0.717) is 6.42 Å². The van der Waals surface area contributed by atoms with Crippen molar-refractivity contribution in [3.8, 4) is 46.0 Å². The minimum atomic E-state index is -3.88. The zero-order chi connectivity index (χ0) is 137. The van der Waals surface area contributed by atoms with Crippen LogP contribution in [0.25, 0.3) is 0 Å². The minimum Gasteiger partial charge on any atom is -0.493 e. The molecule has 4 fully saturated rings. The SMILES string of the molecule is [2H]C([2H])([2H])Oc1cc2c(cc1OC)C1CC(OC(=O)[C@@]([2H])(N)C([2H])(C([2H])([2H])[2H])C([2H])([2H])[2H])C(CC(C)C)CN1C([2H])([2H])C2([2H])[2H].[2H]C([2H])([2H])Oc1cc2c(cc1OC)C1CC([2H])(OC(=O)[C@@]([2H])(N)C([2H])(C([2H])([2H])[2H])C([2H])([2H])[2H])C(CC(C)C)CN1C([2H])([2H])C2([2H])[2H].[2H]C1(OC(=O)[C@@]([2H])(N)C([2H])(C([2H])([2H])[2H])C([2H])([2H])[2H])CC2c3cc(OC)c(OC)cc3C([2H])([2H])C([2H])([2H])N2CC1CC(C)C.[2H]C1(OC(=O)[C@@]([2H])(N)C([2H])(C([2H])([2H])[2H])C([2H])([2H])[2H])CC2c3cc(OC)c(OC)cc3C([2H])([2H])C([2H])([2H])N2CC1CC(C)C. The molecule has 24 heteroatoms. The number of benzene rings is 4. The summed E-state index contributed by atoms with van der Waals surface area (Å²) in [6.45, 7) is -27.5. The zero-order valence-electron chi connectivity index (χ0n) is 127. The molecule has 12 rings (SSSR count). The second-order valence-corrected chi connectivity index (χ2v) is 31.5. The number of hydrogen-bond acceptors (Lipinski definition) is 24. The molecule has 0 saturated carbocycles. The first kappa shape index (κ1) is 44.6. The van der Waals surface area contributed by atoms with Gasteiger partial charge in [0, 0.05) is 186 Å². The molecule has 0 aliphatic carbocycles. The summed E-state index contributed by atoms with van der Waals surface area (Å²) in [4.78, 5) is 58.8. The average molecular weight is 1730 g/mol. The molecule has 4 aromatic carbocycles. The standard InChI is InChI=1S/4C24H38N2O4/c4*1-14(2)9-17-13-26-8-7-16-10-21(28-5)22(29-6)11-18(16)19(26)12-20(17)30-24(27)23(25)15(3)4/h4*10-11,14-15,17,19-20,23H,7-9,12-13,25H2,1-6H3/t4*17?,19?,20?,23-/m0000/s1/i3D3,4D3,5D3,7D2,8D2,15D,20D,23D;2*3D3,4D3,7D2,8D2,15D,20D,23D;3D3,4D3,5D3,7D2,8D2,15D,23D. The highest BCUT2D eigenvalue weighted by atomic mass is 16.6. The number of nitrogens with zero attached hydrogens (tertiary/aromatic N) is 4. The second kappa shape index (κ2) is 43.9. The number of rotatable bonds is 28. The molecule has 4 aromatic rings. The first-order chi connectivity index (χ1) is 78.9. The lowest BCUT2D eigenvalue weighted by Gasteiger charge is -2.47. The van der Waals surface area contributed by atoms with Crippen LogP contribution in [0.4, 0.5) is 0 Å². The fourth-order valence-corrected chi connectivity index (χ4v) is 15.8. The summed E-state index contributed by atoms with van der Waals surface area (Å²) in [6.07, 6.45) is -20.0. The van der Waals surface area contributed by atoms with Crippen LogP contribution in [0.2, 0.25) is 0 Å². The average Bonchev–Trinajstić information content (AvgIpc) is 0.696. The van der Waals surface area contributed by atoms with Crippen molar-refractivity contribution >= 4 is 23.9 Å². The summed E-state index contributed by atoms with van der Waals surface area (Å²) in [7, 11) is 1.87. The summed E-state index contributed by atoms with van der Waals surface area (Å²) >= 11 is 0. The van der Waals surface area contributed by atoms with E-state index < -0.39 is 296 Å². The van der Waals surface area contributed by atoms with Crippen molar-refractivity contribution in [2.24, 2.45) is 93.9 Å². The summed E-state index contributed by atoms with van der Waals surface area (Å²) < 4.78 is 529. The number of methoxy groups -OCH3 is 8. The molecule has 8 N–H and O–H groups in total. The Morgan fingerprint density at radius 2 is 0.583 bits per heavy atom. The van der Waals surface area contributed by atoms with Gasteiger partial charge in [0.25, 0.3) is 0 Å². The van der Waals surface area contributed by atoms with Crippen LogP contribution in [0.1, 0.15) is 308 Å². The van der Waals surface area contributed by atoms with Gasteiger partial charge in [0.05, 0.1) is 74.6 Å². The van der Waals surface area contributed by atoms with Crippen LogP contribution < -0.4 is 60.8 Å². The van der Waals surface area contributed by atoms with E-state index in [2.05, 4.69) is 0 Å². The predicted molar refractivity (Wildman–Crippen MR) is 471 cm³/mol. The third-order valence-electron chi connectivity index (χ3n) is 21.4. The lowest BCUT2D eigenvalue weighted by atomic mass is 9.79. The molecule has 16 atom stereocenters. The van der Waals surface area contributed by atoms with Crippen LogP contribution in [0.5, 0.6) is 46.0 Å². The van der Waals surface area contributed by atoms with Gasteiger partial charge >= 0.3 is 23.9 Å². The number of ether oxygens (including phenoxy) is 12. The van der Waals surface area contributed by atoms with Crippen molar-refractivity contribution in [2.75, 3.05) is 109 Å². The Morgan fingerprint density at radius 1 is 0.358 bits per heavy atom. The van der Waals surface area contributed by atoms with Crippen LogP contribution >= 0.6 is 0 Å². The summed E-state index contributed by atoms with van der Waals surface area (Å²) in [5.74, 6) is -27.7. The quantitative estimate of drug-likeness (QED) is 0.0303. The van der Waals surface area contributed by atoms with Gasteiger partial charge in [0.2, 0.25) is 0 Å². The van der Waals surface area contributed by atoms with E-state index in [4.69, 9.17) is 154 Å². The molecule has 24 nitrogen and oxygen atoms in total. The molecule has 8 aliphatic rings. The lowest BCUT2D eigenvalue weighted by molar-refractivity contribution is -0.161. The number of nitrogens with two attached hydrogens (primary N) is 4. The third kappa shape index (κ3) is 23.8. The molecule has 8 heterocycles. The van der Waals surface area contributed by atoms with Gasteiger partial charge in [-0.25, -0.2) is 0 Å². The molecule has 0 spiro atoms. The van der Waals surface area contributed by atoms with Crippen molar-refractivity contribution in [3.05, 3.63) is 93.0 Å². The van der Waals surface area contributed by atoms with Crippen LogP contribution in [0, 0.1) is 70.9 Å². The van der Waals surface area contributed by atoms with E-state index in [9.17, 15) is 23.3 Å². The highest BCUT2D eigenvalue weighted by Crippen LogP contribution is 2.50. The van der Waals surface area contributed by atoms with E-state index >= 15 is 0 Å². The molecule has 0 radical (unpaired) electrons. The molecule has 0 aromatic heterocycles. The number of carbonyl (C=O) groups is 4. The number of carbonyl (C=O) groups excluding carboxylic acids is 4. The van der Waals surface area contributed by atoms with E-state index in [0.717, 1.165) is 17.0 Å². The van der Waals surface area contributed by atoms with Gasteiger partial charge in [0.15, 0.2) is 46.0 Å². The largest absolute Gasteiger partial charge is 0.493 e. The molecular weight excluding hydrogens is 1520 g/mol. The van der Waals surface area contributed by atoms with Gasteiger partial charge in [-0.1, -0.05) is 110 Å². The highest BCUT2D eigenvalue weighted by Gasteiger charge is 2.47. The first-order valence-corrected chi connectivity index (χ1v) is 38.9. The van der Waals surface area contributed by atoms with Crippen LogP contribution in [-0.4, -0.2) is 201 Å². The van der Waals surface area contributed by atoms with Gasteiger partial charge in [-0.15, -0.1) is 0 Å². The Hall–Kier alpha value is -7.16. The third-order valence-corrected chi connectivity index (χ3v) is 21.4. The fraction of sp³-hybridized carbons (Fsp3) is 0.708. The van der Waals surface area contributed by atoms with Crippen molar-refractivity contribution in [1.82, 2.24) is 19.6 Å². The maximum atomic E-state index is 13.5. The monoisotopic (exact) mass is 1730 g/mol. The van der Waals surface area contributed by atoms with E-state index in [1.54, 1.807) is 41.5 Å². The molecule has 4 saturated heterocycles. The fourth-order valence-electron chi connectivity index (χ4n) is 15.8. The maximum absolute atomic E-state index is 13.5. The van der Waals surface area contributed by atoms with Gasteiger partial charge in [-0.3, -0.25) is 38.8 Å². The maximum Gasteiger partial charge on any atom is 0.323 e. The Kier molecular flexibility index (Phi) is 16.3. The summed E-state index contributed by atoms with van der Waals surface area (Å²) in [5, 5.41) is 0. The number of esters is 4. The van der Waals surface area contributed by atoms with E-state index in [-0.39, 0.29) is 154 Å². The molecule has 12 unspecified atom stereocenters. The Morgan fingerprint density at radius 3 is 0.825 bits per heavy atom. The lowest BCUT2D eigenvalue weighted by Crippen LogP contribution is -2.51. The van der Waals surface area contributed by atoms with Crippen LogP contribution in [-0.2, 0) is 63.6 Å². The van der Waals surface area contributed by atoms with E-state index in [1.165, 1.54) is 93.8 Å². The molecule has 0 bridgehead atoms. The summed E-state index contributed by atoms with van der Waals surface area (Å²) in [6, 6.07) is -9.08. The Bertz CT molecular complexity index is 6370. The normalized spacial score (nSPS) is 39.5. The number of hydrogen-bond donors (Lipinski definition) is 4. The molecule has 120 heavy (non-hydrogen) atoms. The van der Waals surface area contributed by atoms with Crippen LogP contribution in [0.15, 0.2) is 48.5 Å². The molecule has 8 aliphatic heterocycles. The smallest absolute Gasteiger partial charge is 0.323 e. The Balaban J connectivity index is 0.000000258. The van der Waals surface area contributed by atoms with E-state index in [1.807, 2.05) is 13.8 Å². The molecule has 672 valence electrons. The van der Waals surface area contributed by atoms with Gasteiger partial charge in [-0.05, 0) is 191 Å². The molecule has 0 amide bonds. The van der Waals surface area contributed by atoms with Gasteiger partial charge in [-0.2, -0.15) is 0 Å². The predicted octanol–water partition coefficient (Wildman–Crippen LogP) is 14.3. The second-order valence-electron chi connectivity index (χ2n) is 31.5. The number of fused-ring (bicyclic) bond motifs is 12. The topological polar surface area (TPSA) is 296 Å². The van der Waals surface area contributed by atoms with Crippen molar-refractivity contribution < 1.29 is 154 Å².